The lowest BCUT2D eigenvalue weighted by Crippen LogP contribution is -2.37. The van der Waals surface area contributed by atoms with Crippen LogP contribution in [0.5, 0.6) is 0 Å². The van der Waals surface area contributed by atoms with Crippen LogP contribution in [-0.2, 0) is 16.8 Å². The van der Waals surface area contributed by atoms with Gasteiger partial charge in [-0.15, -0.1) is 0 Å². The lowest BCUT2D eigenvalue weighted by atomic mass is 9.96. The monoisotopic (exact) mass is 422 g/mol. The molecule has 0 aliphatic carbocycles. The van der Waals surface area contributed by atoms with Gasteiger partial charge in [-0.3, -0.25) is 9.59 Å². The van der Waals surface area contributed by atoms with E-state index in [9.17, 15) is 19.8 Å². The molecule has 31 heavy (non-hydrogen) atoms. The molecule has 0 unspecified atom stereocenters. The Labute approximate surface area is 180 Å². The van der Waals surface area contributed by atoms with E-state index in [1.165, 1.54) is 0 Å². The van der Waals surface area contributed by atoms with Crippen LogP contribution in [0.4, 0.5) is 5.82 Å². The van der Waals surface area contributed by atoms with Crippen molar-refractivity contribution in [3.8, 4) is 0 Å². The summed E-state index contributed by atoms with van der Waals surface area (Å²) >= 11 is 0. The molecule has 8 heteroatoms. The Morgan fingerprint density at radius 1 is 1.13 bits per heavy atom. The third kappa shape index (κ3) is 4.44. The Hall–Kier alpha value is -3.26. The fraction of sp³-hybridized carbons (Fsp3) is 0.391. The smallest absolute Gasteiger partial charge is 0.306 e. The Morgan fingerprint density at radius 3 is 2.42 bits per heavy atom. The highest BCUT2D eigenvalue weighted by Crippen LogP contribution is 2.25. The minimum absolute atomic E-state index is 0.0609. The number of aromatic nitrogens is 3. The number of piperidine rings is 1. The maximum absolute atomic E-state index is 12.9. The van der Waals surface area contributed by atoms with Crippen molar-refractivity contribution < 1.29 is 19.8 Å². The lowest BCUT2D eigenvalue weighted by Gasteiger charge is -2.32. The second-order valence-corrected chi connectivity index (χ2v) is 8.54. The van der Waals surface area contributed by atoms with Gasteiger partial charge in [0.2, 0.25) is 0 Å². The first-order chi connectivity index (χ1) is 14.7. The quantitative estimate of drug-likeness (QED) is 0.588. The number of ketones is 1. The molecule has 0 bridgehead atoms. The van der Waals surface area contributed by atoms with E-state index in [0.29, 0.717) is 42.8 Å². The first kappa shape index (κ1) is 21.0. The van der Waals surface area contributed by atoms with Crippen molar-refractivity contribution >= 4 is 23.2 Å². The van der Waals surface area contributed by atoms with Crippen molar-refractivity contribution in [1.29, 1.82) is 0 Å². The Balaban J connectivity index is 1.56. The van der Waals surface area contributed by atoms with E-state index in [1.807, 2.05) is 6.07 Å². The first-order valence-corrected chi connectivity index (χ1v) is 10.4. The summed E-state index contributed by atoms with van der Waals surface area (Å²) in [6.45, 7) is 4.63. The van der Waals surface area contributed by atoms with E-state index in [2.05, 4.69) is 15.0 Å². The number of fused-ring (bicyclic) bond motifs is 1. The highest BCUT2D eigenvalue weighted by Gasteiger charge is 2.26. The number of hydrogen-bond donors (Lipinski definition) is 2. The third-order valence-electron chi connectivity index (χ3n) is 5.82. The number of hydrogen-bond acceptors (Lipinski definition) is 6. The average Bonchev–Trinajstić information content (AvgIpc) is 3.21. The van der Waals surface area contributed by atoms with Gasteiger partial charge in [-0.2, -0.15) is 9.61 Å². The van der Waals surface area contributed by atoms with Crippen molar-refractivity contribution in [2.24, 2.45) is 5.92 Å². The van der Waals surface area contributed by atoms with Crippen molar-refractivity contribution in [2.75, 3.05) is 18.0 Å². The third-order valence-corrected chi connectivity index (χ3v) is 5.82. The van der Waals surface area contributed by atoms with Gasteiger partial charge in [0.05, 0.1) is 29.8 Å². The van der Waals surface area contributed by atoms with Gasteiger partial charge in [-0.1, -0.05) is 24.3 Å². The van der Waals surface area contributed by atoms with Crippen LogP contribution in [0.1, 0.15) is 48.3 Å². The molecule has 0 radical (unpaired) electrons. The van der Waals surface area contributed by atoms with Crippen LogP contribution in [-0.4, -0.2) is 49.7 Å². The first-order valence-electron chi connectivity index (χ1n) is 10.4. The number of carbonyl (C=O) groups is 2. The van der Waals surface area contributed by atoms with Gasteiger partial charge in [-0.25, -0.2) is 4.98 Å². The number of benzene rings is 1. The van der Waals surface area contributed by atoms with E-state index in [4.69, 9.17) is 0 Å². The highest BCUT2D eigenvalue weighted by molar-refractivity contribution is 5.97. The minimum atomic E-state index is -0.959. The molecule has 0 atom stereocenters. The molecule has 1 aliphatic heterocycles. The largest absolute Gasteiger partial charge is 0.481 e. The molecule has 0 amide bonds. The molecule has 8 nitrogen and oxygen atoms in total. The summed E-state index contributed by atoms with van der Waals surface area (Å²) in [7, 11) is 0. The molecule has 1 aliphatic rings. The minimum Gasteiger partial charge on any atom is -0.481 e. The molecule has 162 valence electrons. The van der Waals surface area contributed by atoms with Gasteiger partial charge < -0.3 is 15.1 Å². The number of carboxylic acid groups (broad SMARTS) is 1. The number of aliphatic carboxylic acids is 1. The molecule has 1 fully saturated rings. The normalized spacial score (nSPS) is 15.4. The predicted molar refractivity (Wildman–Crippen MR) is 115 cm³/mol. The molecule has 3 aromatic rings. The van der Waals surface area contributed by atoms with Gasteiger partial charge in [0.1, 0.15) is 5.82 Å². The fourth-order valence-corrected chi connectivity index (χ4v) is 3.95. The van der Waals surface area contributed by atoms with Crippen molar-refractivity contribution in [3.63, 3.8) is 0 Å². The maximum Gasteiger partial charge on any atom is 0.306 e. The van der Waals surface area contributed by atoms with Crippen LogP contribution in [0.15, 0.2) is 42.6 Å². The summed E-state index contributed by atoms with van der Waals surface area (Å²) < 4.78 is 1.73. The van der Waals surface area contributed by atoms with Gasteiger partial charge >= 0.3 is 5.97 Å². The van der Waals surface area contributed by atoms with E-state index < -0.39 is 11.6 Å². The van der Waals surface area contributed by atoms with Crippen LogP contribution >= 0.6 is 0 Å². The van der Waals surface area contributed by atoms with Crippen LogP contribution in [0, 0.1) is 5.92 Å². The van der Waals surface area contributed by atoms with Crippen molar-refractivity contribution in [1.82, 2.24) is 14.6 Å². The number of Topliss-reactive ketones (excluding diaryl/α,β-unsaturated/α-hetero) is 1. The zero-order valence-electron chi connectivity index (χ0n) is 17.7. The van der Waals surface area contributed by atoms with E-state index in [-0.39, 0.29) is 18.1 Å². The summed E-state index contributed by atoms with van der Waals surface area (Å²) in [5, 5.41) is 23.7. The summed E-state index contributed by atoms with van der Waals surface area (Å²) in [4.78, 5) is 30.8. The van der Waals surface area contributed by atoms with E-state index in [1.54, 1.807) is 54.9 Å². The second kappa shape index (κ2) is 8.11. The summed E-state index contributed by atoms with van der Waals surface area (Å²) in [5.74, 6) is -0.312. The zero-order chi connectivity index (χ0) is 22.2. The second-order valence-electron chi connectivity index (χ2n) is 8.54. The fourth-order valence-electron chi connectivity index (χ4n) is 3.95. The van der Waals surface area contributed by atoms with Crippen LogP contribution in [0.3, 0.4) is 0 Å². The van der Waals surface area contributed by atoms with E-state index in [0.717, 1.165) is 11.4 Å². The molecule has 2 N–H and O–H groups in total. The highest BCUT2D eigenvalue weighted by atomic mass is 16.4. The maximum atomic E-state index is 12.9. The number of carbonyl (C=O) groups excluding carboxylic acids is 1. The number of carboxylic acids is 1. The molecule has 1 saturated heterocycles. The summed E-state index contributed by atoms with van der Waals surface area (Å²) in [6.07, 6.45) is 2.95. The standard InChI is InChI=1S/C23H26N4O4/c1-23(2,31)17-5-3-15(4-6-17)19(28)13-18-14-21(27-20(25-18)7-10-24-27)26-11-8-16(9-12-26)22(29)30/h3-7,10,14,16,31H,8-9,11-13H2,1-2H3,(H,29,30). The molecule has 0 spiro atoms. The molecule has 3 heterocycles. The van der Waals surface area contributed by atoms with Crippen LogP contribution < -0.4 is 4.90 Å². The predicted octanol–water partition coefficient (Wildman–Crippen LogP) is 2.68. The molecular weight excluding hydrogens is 396 g/mol. The Morgan fingerprint density at radius 2 is 1.81 bits per heavy atom. The van der Waals surface area contributed by atoms with Gasteiger partial charge in [0.25, 0.3) is 0 Å². The Bertz CT molecular complexity index is 1110. The van der Waals surface area contributed by atoms with Gasteiger partial charge in [-0.05, 0) is 32.3 Å². The number of aliphatic hydroxyl groups is 1. The SMILES string of the molecule is CC(C)(O)c1ccc(C(=O)Cc2cc(N3CCC(C(=O)O)CC3)n3nccc3n2)cc1. The number of rotatable bonds is 6. The summed E-state index contributed by atoms with van der Waals surface area (Å²) in [5.41, 5.74) is 1.64. The number of anilines is 1. The lowest BCUT2D eigenvalue weighted by molar-refractivity contribution is -0.142. The molecular formula is C23H26N4O4. The zero-order valence-corrected chi connectivity index (χ0v) is 17.7. The molecule has 4 rings (SSSR count). The van der Waals surface area contributed by atoms with E-state index >= 15 is 0 Å². The molecule has 0 saturated carbocycles. The topological polar surface area (TPSA) is 108 Å². The van der Waals surface area contributed by atoms with Crippen LogP contribution in [0.25, 0.3) is 5.65 Å². The number of nitrogens with zero attached hydrogens (tertiary/aromatic N) is 4. The molecule has 2 aromatic heterocycles. The van der Waals surface area contributed by atoms with Gasteiger partial charge in [0, 0.05) is 30.8 Å². The van der Waals surface area contributed by atoms with Crippen LogP contribution in [0.2, 0.25) is 0 Å². The van der Waals surface area contributed by atoms with Crippen molar-refractivity contribution in [3.05, 3.63) is 59.4 Å². The molecule has 1 aromatic carbocycles. The Kier molecular flexibility index (Phi) is 5.49. The van der Waals surface area contributed by atoms with Crippen molar-refractivity contribution in [2.45, 2.75) is 38.7 Å². The average molecular weight is 422 g/mol. The van der Waals surface area contributed by atoms with Gasteiger partial charge in [0.15, 0.2) is 11.4 Å². The summed E-state index contributed by atoms with van der Waals surface area (Å²) in [6, 6.07) is 10.6.